The highest BCUT2D eigenvalue weighted by Gasteiger charge is 2.35. The molecule has 0 bridgehead atoms. The molecule has 0 saturated carbocycles. The van der Waals surface area contributed by atoms with Crippen LogP contribution in [0.2, 0.25) is 0 Å². The number of benzene rings is 1. The molecular weight excluding hydrogens is 266 g/mol. The first-order valence-corrected chi connectivity index (χ1v) is 7.71. The van der Waals surface area contributed by atoms with Crippen LogP contribution >= 0.6 is 0 Å². The first-order valence-electron chi connectivity index (χ1n) is 7.71. The van der Waals surface area contributed by atoms with Gasteiger partial charge in [0.05, 0.1) is 6.04 Å². The Kier molecular flexibility index (Phi) is 5.73. The zero-order valence-electron chi connectivity index (χ0n) is 12.7. The van der Waals surface area contributed by atoms with Crippen molar-refractivity contribution in [3.8, 4) is 0 Å². The van der Waals surface area contributed by atoms with Gasteiger partial charge in [0.25, 0.3) is 0 Å². The summed E-state index contributed by atoms with van der Waals surface area (Å²) in [5.41, 5.74) is 5.56. The molecule has 5 nitrogen and oxygen atoms in total. The van der Waals surface area contributed by atoms with E-state index in [0.717, 1.165) is 19.5 Å². The molecule has 116 valence electrons. The Morgan fingerprint density at radius 1 is 1.43 bits per heavy atom. The molecule has 1 heterocycles. The van der Waals surface area contributed by atoms with E-state index in [1.807, 2.05) is 6.07 Å². The Morgan fingerprint density at radius 3 is 2.76 bits per heavy atom. The Labute approximate surface area is 126 Å². The van der Waals surface area contributed by atoms with E-state index >= 15 is 0 Å². The first-order chi connectivity index (χ1) is 10.1. The third kappa shape index (κ3) is 4.27. The number of carboxylic acids is 1. The van der Waals surface area contributed by atoms with Crippen LogP contribution in [0.15, 0.2) is 30.3 Å². The van der Waals surface area contributed by atoms with Crippen molar-refractivity contribution in [2.45, 2.75) is 44.4 Å². The zero-order valence-corrected chi connectivity index (χ0v) is 12.7. The monoisotopic (exact) mass is 292 g/mol. The van der Waals surface area contributed by atoms with Crippen LogP contribution in [-0.2, 0) is 4.79 Å². The van der Waals surface area contributed by atoms with Crippen LogP contribution in [0.25, 0.3) is 0 Å². The summed E-state index contributed by atoms with van der Waals surface area (Å²) in [6, 6.07) is 11.1. The van der Waals surface area contributed by atoms with E-state index in [2.05, 4.69) is 47.1 Å². The number of piperazine rings is 1. The fraction of sp³-hybridized carbons (Fsp3) is 0.562. The van der Waals surface area contributed by atoms with Crippen LogP contribution in [0.3, 0.4) is 0 Å². The minimum absolute atomic E-state index is 0.198. The summed E-state index contributed by atoms with van der Waals surface area (Å²) in [5.74, 6) is -0.725. The summed E-state index contributed by atoms with van der Waals surface area (Å²) in [6.07, 6.45) is 2.12. The fourth-order valence-corrected chi connectivity index (χ4v) is 3.01. The van der Waals surface area contributed by atoms with Crippen molar-refractivity contribution < 1.29 is 15.6 Å². The minimum Gasteiger partial charge on any atom is -0.481 e. The third-order valence-corrected chi connectivity index (χ3v) is 4.24. The second-order valence-electron chi connectivity index (χ2n) is 5.70. The topological polar surface area (TPSA) is 80.2 Å². The lowest BCUT2D eigenvalue weighted by atomic mass is 9.98. The molecule has 0 aliphatic carbocycles. The number of aliphatic carboxylic acids is 1. The van der Waals surface area contributed by atoms with E-state index in [1.165, 1.54) is 5.56 Å². The van der Waals surface area contributed by atoms with Gasteiger partial charge in [-0.3, -0.25) is 15.0 Å². The summed E-state index contributed by atoms with van der Waals surface area (Å²) in [7, 11) is 0. The standard InChI is InChI=1S/C16H25N3O2/c1-2-13-16(17)19(10-6-9-15(20)21)11-14(18-13)12-7-4-3-5-8-12/h3-5,7-8,13-14,16,18H,2,6,9-11,17H2,1H3,(H,20,21)/p+1. The predicted octanol–water partition coefficient (Wildman–Crippen LogP) is 0.844. The highest BCUT2D eigenvalue weighted by molar-refractivity contribution is 5.66. The van der Waals surface area contributed by atoms with E-state index in [1.54, 1.807) is 0 Å². The molecule has 1 saturated heterocycles. The Hall–Kier alpha value is -1.43. The van der Waals surface area contributed by atoms with Gasteiger partial charge in [0.15, 0.2) is 6.17 Å². The van der Waals surface area contributed by atoms with E-state index < -0.39 is 5.97 Å². The summed E-state index contributed by atoms with van der Waals surface area (Å²) < 4.78 is 0. The van der Waals surface area contributed by atoms with Crippen molar-refractivity contribution in [2.24, 2.45) is 0 Å². The highest BCUT2D eigenvalue weighted by Crippen LogP contribution is 2.22. The summed E-state index contributed by atoms with van der Waals surface area (Å²) >= 11 is 0. The summed E-state index contributed by atoms with van der Waals surface area (Å²) in [6.45, 7) is 3.84. The summed E-state index contributed by atoms with van der Waals surface area (Å²) in [5, 5.41) is 12.5. The number of nitrogens with one attached hydrogen (secondary N) is 1. The second-order valence-corrected chi connectivity index (χ2v) is 5.70. The molecule has 0 aromatic heterocycles. The largest absolute Gasteiger partial charge is 0.481 e. The van der Waals surface area contributed by atoms with Crippen molar-refractivity contribution in [2.75, 3.05) is 13.1 Å². The molecule has 5 heteroatoms. The molecule has 21 heavy (non-hydrogen) atoms. The molecule has 1 aliphatic rings. The van der Waals surface area contributed by atoms with Gasteiger partial charge in [-0.2, -0.15) is 0 Å². The Balaban J connectivity index is 2.03. The first kappa shape index (κ1) is 15.9. The average molecular weight is 292 g/mol. The quantitative estimate of drug-likeness (QED) is 0.726. The average Bonchev–Trinajstić information content (AvgIpc) is 2.49. The van der Waals surface area contributed by atoms with Crippen molar-refractivity contribution in [3.63, 3.8) is 0 Å². The minimum atomic E-state index is -0.725. The molecule has 3 atom stereocenters. The van der Waals surface area contributed by atoms with Crippen LogP contribution in [0, 0.1) is 0 Å². The smallest absolute Gasteiger partial charge is 0.303 e. The van der Waals surface area contributed by atoms with Gasteiger partial charge < -0.3 is 10.8 Å². The number of carbonyl (C=O) groups is 1. The molecule has 1 aromatic rings. The van der Waals surface area contributed by atoms with Crippen LogP contribution in [-0.4, -0.2) is 41.3 Å². The molecule has 3 unspecified atom stereocenters. The molecule has 1 fully saturated rings. The molecule has 5 N–H and O–H groups in total. The third-order valence-electron chi connectivity index (χ3n) is 4.24. The van der Waals surface area contributed by atoms with Crippen LogP contribution in [0.5, 0.6) is 0 Å². The molecule has 1 aliphatic heterocycles. The van der Waals surface area contributed by atoms with Gasteiger partial charge in [0, 0.05) is 25.6 Å². The van der Waals surface area contributed by atoms with Gasteiger partial charge >= 0.3 is 5.97 Å². The van der Waals surface area contributed by atoms with Crippen LogP contribution in [0.4, 0.5) is 0 Å². The Bertz CT molecular complexity index is 452. The van der Waals surface area contributed by atoms with Crippen molar-refractivity contribution >= 4 is 5.97 Å². The number of quaternary nitrogens is 1. The van der Waals surface area contributed by atoms with Crippen LogP contribution in [0.1, 0.15) is 37.8 Å². The van der Waals surface area contributed by atoms with E-state index in [9.17, 15) is 4.79 Å². The molecule has 1 aromatic carbocycles. The number of hydrogen-bond acceptors (Lipinski definition) is 3. The number of hydrogen-bond donors (Lipinski definition) is 3. The van der Waals surface area contributed by atoms with Crippen molar-refractivity contribution in [1.82, 2.24) is 10.2 Å². The van der Waals surface area contributed by atoms with Gasteiger partial charge in [-0.1, -0.05) is 37.3 Å². The normalized spacial score (nSPS) is 26.7. The van der Waals surface area contributed by atoms with E-state index in [-0.39, 0.29) is 12.6 Å². The highest BCUT2D eigenvalue weighted by atomic mass is 16.4. The number of nitrogens with zero attached hydrogens (tertiary/aromatic N) is 1. The van der Waals surface area contributed by atoms with Gasteiger partial charge in [-0.05, 0) is 18.4 Å². The zero-order chi connectivity index (χ0) is 15.2. The predicted molar refractivity (Wildman–Crippen MR) is 81.5 cm³/mol. The van der Waals surface area contributed by atoms with E-state index in [0.29, 0.717) is 18.5 Å². The maximum absolute atomic E-state index is 10.7. The van der Waals surface area contributed by atoms with Gasteiger partial charge in [-0.25, -0.2) is 0 Å². The van der Waals surface area contributed by atoms with Gasteiger partial charge in [-0.15, -0.1) is 0 Å². The number of rotatable bonds is 6. The lowest BCUT2D eigenvalue weighted by molar-refractivity contribution is -0.470. The lowest BCUT2D eigenvalue weighted by Gasteiger charge is -2.41. The van der Waals surface area contributed by atoms with Crippen molar-refractivity contribution in [3.05, 3.63) is 35.9 Å². The van der Waals surface area contributed by atoms with Gasteiger partial charge in [0.1, 0.15) is 0 Å². The summed E-state index contributed by atoms with van der Waals surface area (Å²) in [4.78, 5) is 13.0. The molecule has 2 rings (SSSR count). The van der Waals surface area contributed by atoms with Gasteiger partial charge in [0.2, 0.25) is 0 Å². The maximum atomic E-state index is 10.7. The maximum Gasteiger partial charge on any atom is 0.303 e. The van der Waals surface area contributed by atoms with E-state index in [4.69, 9.17) is 5.11 Å². The number of carboxylic acid groups (broad SMARTS) is 1. The van der Waals surface area contributed by atoms with Crippen molar-refractivity contribution in [1.29, 1.82) is 0 Å². The Morgan fingerprint density at radius 2 is 2.14 bits per heavy atom. The molecule has 0 radical (unpaired) electrons. The molecule has 0 amide bonds. The lowest BCUT2D eigenvalue weighted by Crippen LogP contribution is -2.79. The molecular formula is C16H26N3O2+. The van der Waals surface area contributed by atoms with Crippen LogP contribution < -0.4 is 11.1 Å². The second kappa shape index (κ2) is 7.54. The SMILES string of the molecule is CCC1NC(c2ccccc2)CN(CCCC(=O)O)C1[NH3+]. The molecule has 0 spiro atoms. The fourth-order valence-electron chi connectivity index (χ4n) is 3.01.